The van der Waals surface area contributed by atoms with Crippen molar-refractivity contribution in [3.05, 3.63) is 59.8 Å². The van der Waals surface area contributed by atoms with Gasteiger partial charge in [0.2, 0.25) is 0 Å². The van der Waals surface area contributed by atoms with Gasteiger partial charge < -0.3 is 14.5 Å². The van der Waals surface area contributed by atoms with E-state index >= 15 is 0 Å². The van der Waals surface area contributed by atoms with E-state index in [1.165, 1.54) is 19.3 Å². The number of carbonyl (C=O) groups is 1. The summed E-state index contributed by atoms with van der Waals surface area (Å²) < 4.78 is 5.60. The summed E-state index contributed by atoms with van der Waals surface area (Å²) in [6.07, 6.45) is 8.64. The summed E-state index contributed by atoms with van der Waals surface area (Å²) in [5.41, 5.74) is 2.12. The maximum absolute atomic E-state index is 12.7. The molecule has 0 spiro atoms. The van der Waals surface area contributed by atoms with Gasteiger partial charge in [-0.25, -0.2) is 9.78 Å². The predicted molar refractivity (Wildman–Crippen MR) is 110 cm³/mol. The van der Waals surface area contributed by atoms with Crippen LogP contribution in [0.4, 0.5) is 10.6 Å². The number of pyridine rings is 1. The molecular weight excluding hydrogens is 350 g/mol. The van der Waals surface area contributed by atoms with E-state index < -0.39 is 0 Å². The molecule has 5 heteroatoms. The van der Waals surface area contributed by atoms with Crippen molar-refractivity contribution in [3.63, 3.8) is 0 Å². The SMILES string of the molecule is O=C(OCc1ccccc1)N1CCCC[C@@H]1c1ccc(N2CCCCC2)nc1. The first kappa shape index (κ1) is 18.8. The Kier molecular flexibility index (Phi) is 6.10. The fourth-order valence-electron chi connectivity index (χ4n) is 4.20. The summed E-state index contributed by atoms with van der Waals surface area (Å²) in [6, 6.07) is 14.2. The lowest BCUT2D eigenvalue weighted by Crippen LogP contribution is -2.39. The molecule has 4 rings (SSSR count). The highest BCUT2D eigenvalue weighted by molar-refractivity contribution is 5.68. The van der Waals surface area contributed by atoms with Crippen molar-refractivity contribution in [3.8, 4) is 0 Å². The molecule has 0 bridgehead atoms. The van der Waals surface area contributed by atoms with Crippen molar-refractivity contribution in [2.24, 2.45) is 0 Å². The Hall–Kier alpha value is -2.56. The number of anilines is 1. The third-order valence-electron chi connectivity index (χ3n) is 5.78. The van der Waals surface area contributed by atoms with Crippen molar-refractivity contribution in [1.82, 2.24) is 9.88 Å². The van der Waals surface area contributed by atoms with Gasteiger partial charge in [-0.3, -0.25) is 0 Å². The number of carbonyl (C=O) groups excluding carboxylic acids is 1. The molecule has 1 amide bonds. The van der Waals surface area contributed by atoms with E-state index in [9.17, 15) is 4.79 Å². The molecule has 0 aliphatic carbocycles. The fraction of sp³-hybridized carbons (Fsp3) is 0.478. The van der Waals surface area contributed by atoms with Crippen LogP contribution in [0.1, 0.15) is 55.7 Å². The van der Waals surface area contributed by atoms with Gasteiger partial charge in [0.1, 0.15) is 12.4 Å². The number of nitrogens with zero attached hydrogens (tertiary/aromatic N) is 3. The van der Waals surface area contributed by atoms with Crippen LogP contribution in [0, 0.1) is 0 Å². The van der Waals surface area contributed by atoms with Crippen molar-refractivity contribution >= 4 is 11.9 Å². The predicted octanol–water partition coefficient (Wildman–Crippen LogP) is 4.94. The molecule has 2 aromatic rings. The van der Waals surface area contributed by atoms with E-state index in [1.807, 2.05) is 41.4 Å². The lowest BCUT2D eigenvalue weighted by Gasteiger charge is -2.35. The Morgan fingerprint density at radius 2 is 1.75 bits per heavy atom. The van der Waals surface area contributed by atoms with Crippen molar-refractivity contribution in [1.29, 1.82) is 0 Å². The van der Waals surface area contributed by atoms with Crippen LogP contribution in [0.2, 0.25) is 0 Å². The Morgan fingerprint density at radius 1 is 0.964 bits per heavy atom. The number of piperidine rings is 2. The van der Waals surface area contributed by atoms with Crippen LogP contribution in [0.5, 0.6) is 0 Å². The molecule has 28 heavy (non-hydrogen) atoms. The van der Waals surface area contributed by atoms with E-state index in [0.29, 0.717) is 6.61 Å². The monoisotopic (exact) mass is 379 g/mol. The Balaban J connectivity index is 1.42. The first-order chi connectivity index (χ1) is 13.8. The van der Waals surface area contributed by atoms with E-state index in [0.717, 1.165) is 55.8 Å². The zero-order valence-electron chi connectivity index (χ0n) is 16.4. The van der Waals surface area contributed by atoms with Crippen LogP contribution in [-0.2, 0) is 11.3 Å². The average molecular weight is 380 g/mol. The first-order valence-electron chi connectivity index (χ1n) is 10.5. The maximum Gasteiger partial charge on any atom is 0.410 e. The quantitative estimate of drug-likeness (QED) is 0.755. The number of aromatic nitrogens is 1. The molecule has 0 saturated carbocycles. The number of likely N-dealkylation sites (tertiary alicyclic amines) is 1. The zero-order valence-corrected chi connectivity index (χ0v) is 16.4. The summed E-state index contributed by atoms with van der Waals surface area (Å²) in [7, 11) is 0. The van der Waals surface area contributed by atoms with Crippen LogP contribution >= 0.6 is 0 Å². The molecular formula is C23H29N3O2. The third kappa shape index (κ3) is 4.46. The van der Waals surface area contributed by atoms with E-state index in [-0.39, 0.29) is 12.1 Å². The molecule has 3 heterocycles. The Morgan fingerprint density at radius 3 is 2.50 bits per heavy atom. The number of amides is 1. The molecule has 2 fully saturated rings. The molecule has 1 atom stereocenters. The Labute approximate surface area is 167 Å². The first-order valence-corrected chi connectivity index (χ1v) is 10.5. The van der Waals surface area contributed by atoms with Gasteiger partial charge in [0.25, 0.3) is 0 Å². The highest BCUT2D eigenvalue weighted by atomic mass is 16.6. The number of benzene rings is 1. The van der Waals surface area contributed by atoms with Gasteiger partial charge in [-0.1, -0.05) is 36.4 Å². The second-order valence-corrected chi connectivity index (χ2v) is 7.74. The highest BCUT2D eigenvalue weighted by Gasteiger charge is 2.29. The van der Waals surface area contributed by atoms with Gasteiger partial charge >= 0.3 is 6.09 Å². The van der Waals surface area contributed by atoms with Crippen molar-refractivity contribution in [2.75, 3.05) is 24.5 Å². The minimum absolute atomic E-state index is 0.0555. The normalized spacial score (nSPS) is 20.1. The van der Waals surface area contributed by atoms with Gasteiger partial charge in [-0.15, -0.1) is 0 Å². The van der Waals surface area contributed by atoms with Crippen LogP contribution in [0.3, 0.4) is 0 Å². The van der Waals surface area contributed by atoms with Crippen LogP contribution in [0.15, 0.2) is 48.7 Å². The minimum atomic E-state index is -0.228. The molecule has 0 N–H and O–H groups in total. The van der Waals surface area contributed by atoms with Gasteiger partial charge in [-0.05, 0) is 55.7 Å². The highest BCUT2D eigenvalue weighted by Crippen LogP contribution is 2.32. The summed E-state index contributed by atoms with van der Waals surface area (Å²) in [5.74, 6) is 1.05. The molecule has 148 valence electrons. The standard InChI is InChI=1S/C23H29N3O2/c27-23(28-18-19-9-3-1-4-10-19)26-16-8-5-11-21(26)20-12-13-22(24-17-20)25-14-6-2-7-15-25/h1,3-4,9-10,12-13,17,21H,2,5-8,11,14-16,18H2/t21-/m1/s1. The van der Waals surface area contributed by atoms with Gasteiger partial charge in [0, 0.05) is 25.8 Å². The molecule has 2 saturated heterocycles. The molecule has 0 radical (unpaired) electrons. The summed E-state index contributed by atoms with van der Waals surface area (Å²) in [5, 5.41) is 0. The van der Waals surface area contributed by atoms with E-state index in [1.54, 1.807) is 0 Å². The topological polar surface area (TPSA) is 45.7 Å². The van der Waals surface area contributed by atoms with Crippen molar-refractivity contribution < 1.29 is 9.53 Å². The number of hydrogen-bond acceptors (Lipinski definition) is 4. The Bertz CT molecular complexity index is 757. The fourth-order valence-corrected chi connectivity index (χ4v) is 4.20. The van der Waals surface area contributed by atoms with Gasteiger partial charge in [0.15, 0.2) is 0 Å². The molecule has 5 nitrogen and oxygen atoms in total. The van der Waals surface area contributed by atoms with Gasteiger partial charge in [0.05, 0.1) is 6.04 Å². The summed E-state index contributed by atoms with van der Waals surface area (Å²) >= 11 is 0. The summed E-state index contributed by atoms with van der Waals surface area (Å²) in [4.78, 5) is 21.7. The molecule has 2 aliphatic rings. The second kappa shape index (κ2) is 9.09. The molecule has 1 aromatic heterocycles. The van der Waals surface area contributed by atoms with Gasteiger partial charge in [-0.2, -0.15) is 0 Å². The summed E-state index contributed by atoms with van der Waals surface area (Å²) in [6.45, 7) is 3.24. The van der Waals surface area contributed by atoms with Crippen molar-refractivity contribution in [2.45, 2.75) is 51.2 Å². The average Bonchev–Trinajstić information content (AvgIpc) is 2.79. The maximum atomic E-state index is 12.7. The lowest BCUT2D eigenvalue weighted by molar-refractivity contribution is 0.0678. The van der Waals surface area contributed by atoms with E-state index in [2.05, 4.69) is 17.0 Å². The van der Waals surface area contributed by atoms with Crippen LogP contribution < -0.4 is 4.90 Å². The zero-order chi connectivity index (χ0) is 19.2. The molecule has 0 unspecified atom stereocenters. The second-order valence-electron chi connectivity index (χ2n) is 7.74. The number of hydrogen-bond donors (Lipinski definition) is 0. The number of rotatable bonds is 4. The molecule has 1 aromatic carbocycles. The van der Waals surface area contributed by atoms with Crippen LogP contribution in [0.25, 0.3) is 0 Å². The smallest absolute Gasteiger partial charge is 0.410 e. The minimum Gasteiger partial charge on any atom is -0.445 e. The third-order valence-corrected chi connectivity index (χ3v) is 5.78. The largest absolute Gasteiger partial charge is 0.445 e. The van der Waals surface area contributed by atoms with E-state index in [4.69, 9.17) is 9.72 Å². The lowest BCUT2D eigenvalue weighted by atomic mass is 9.97. The van der Waals surface area contributed by atoms with Crippen LogP contribution in [-0.4, -0.2) is 35.6 Å². The molecule has 2 aliphatic heterocycles. The number of ether oxygens (including phenoxy) is 1.